The topological polar surface area (TPSA) is 76.1 Å². The fraction of sp³-hybridized carbons (Fsp3) is 0.400. The number of anilines is 2. The fourth-order valence-corrected chi connectivity index (χ4v) is 3.27. The molecule has 1 atom stereocenters. The zero-order valence-electron chi connectivity index (χ0n) is 13.3. The Hall–Kier alpha value is -1.80. The van der Waals surface area contributed by atoms with Gasteiger partial charge in [0.2, 0.25) is 11.0 Å². The van der Waals surface area contributed by atoms with E-state index in [-0.39, 0.29) is 11.9 Å². The Labute approximate surface area is 144 Å². The second-order valence-corrected chi connectivity index (χ2v) is 7.10. The lowest BCUT2D eigenvalue weighted by molar-refractivity contribution is -0.119. The first kappa shape index (κ1) is 17.6. The Balaban J connectivity index is 1.86. The third kappa shape index (κ3) is 5.72. The normalized spacial score (nSPS) is 11.8. The Morgan fingerprint density at radius 3 is 3.00 bits per heavy atom. The average molecular weight is 352 g/mol. The number of hydrogen-bond donors (Lipinski definition) is 2. The Morgan fingerprint density at radius 2 is 2.26 bits per heavy atom. The van der Waals surface area contributed by atoms with E-state index in [1.54, 1.807) is 7.11 Å². The summed E-state index contributed by atoms with van der Waals surface area (Å²) in [5, 5.41) is 15.0. The molecule has 2 rings (SSSR count). The lowest BCUT2D eigenvalue weighted by atomic mass is 10.3. The minimum absolute atomic E-state index is 0.0156. The summed E-state index contributed by atoms with van der Waals surface area (Å²) < 4.78 is 5.94. The van der Waals surface area contributed by atoms with Gasteiger partial charge in [-0.1, -0.05) is 36.1 Å². The summed E-state index contributed by atoms with van der Waals surface area (Å²) in [5.74, 6) is 1.13. The number of methoxy groups -OCH3 is 1. The Bertz CT molecular complexity index is 648. The van der Waals surface area contributed by atoms with Crippen molar-refractivity contribution in [3.05, 3.63) is 24.3 Å². The predicted octanol–water partition coefficient (Wildman–Crippen LogP) is 3.30. The highest BCUT2D eigenvalue weighted by molar-refractivity contribution is 8.01. The Morgan fingerprint density at radius 1 is 1.43 bits per heavy atom. The van der Waals surface area contributed by atoms with E-state index in [1.807, 2.05) is 38.1 Å². The van der Waals surface area contributed by atoms with Crippen LogP contribution in [-0.4, -0.2) is 35.0 Å². The van der Waals surface area contributed by atoms with Gasteiger partial charge in [-0.15, -0.1) is 10.2 Å². The molecule has 0 spiro atoms. The lowest BCUT2D eigenvalue weighted by Crippen LogP contribution is -2.33. The number of carbonyl (C=O) groups excluding carboxylic acids is 1. The van der Waals surface area contributed by atoms with Gasteiger partial charge in [-0.3, -0.25) is 4.79 Å². The summed E-state index contributed by atoms with van der Waals surface area (Å²) in [6.07, 6.45) is 0.920. The van der Waals surface area contributed by atoms with Gasteiger partial charge in [0, 0.05) is 17.8 Å². The number of rotatable bonds is 8. The first-order chi connectivity index (χ1) is 11.1. The van der Waals surface area contributed by atoms with Crippen LogP contribution in [0.1, 0.15) is 20.3 Å². The van der Waals surface area contributed by atoms with E-state index in [9.17, 15) is 4.79 Å². The van der Waals surface area contributed by atoms with Gasteiger partial charge in [0.25, 0.3) is 0 Å². The van der Waals surface area contributed by atoms with Gasteiger partial charge >= 0.3 is 0 Å². The van der Waals surface area contributed by atoms with Crippen LogP contribution in [0, 0.1) is 0 Å². The number of nitrogens with zero attached hydrogens (tertiary/aromatic N) is 2. The summed E-state index contributed by atoms with van der Waals surface area (Å²) in [7, 11) is 1.63. The van der Waals surface area contributed by atoms with Crippen LogP contribution in [0.15, 0.2) is 28.6 Å². The van der Waals surface area contributed by atoms with Gasteiger partial charge < -0.3 is 15.4 Å². The van der Waals surface area contributed by atoms with E-state index in [1.165, 1.54) is 23.1 Å². The Kier molecular flexibility index (Phi) is 6.66. The molecule has 0 radical (unpaired) electrons. The van der Waals surface area contributed by atoms with Crippen molar-refractivity contribution in [1.29, 1.82) is 0 Å². The molecule has 23 heavy (non-hydrogen) atoms. The van der Waals surface area contributed by atoms with E-state index in [2.05, 4.69) is 20.8 Å². The number of thioether (sulfide) groups is 1. The monoisotopic (exact) mass is 352 g/mol. The standard InChI is InChI=1S/C15H20N4O2S2/c1-4-10(2)16-13(20)9-22-15-19-18-14(23-15)17-11-6-5-7-12(8-11)21-3/h5-8,10H,4,9H2,1-3H3,(H,16,20)(H,17,18). The highest BCUT2D eigenvalue weighted by Crippen LogP contribution is 2.28. The number of benzene rings is 1. The zero-order chi connectivity index (χ0) is 16.7. The average Bonchev–Trinajstić information content (AvgIpc) is 3.00. The van der Waals surface area contributed by atoms with E-state index in [4.69, 9.17) is 4.74 Å². The maximum atomic E-state index is 11.7. The highest BCUT2D eigenvalue weighted by Gasteiger charge is 2.10. The quantitative estimate of drug-likeness (QED) is 0.710. The molecule has 0 aliphatic rings. The molecule has 1 aromatic carbocycles. The van der Waals surface area contributed by atoms with Gasteiger partial charge in [-0.25, -0.2) is 0 Å². The molecule has 0 fully saturated rings. The summed E-state index contributed by atoms with van der Waals surface area (Å²) in [6, 6.07) is 7.78. The number of nitrogens with one attached hydrogen (secondary N) is 2. The number of aromatic nitrogens is 2. The van der Waals surface area contributed by atoms with E-state index in [0.717, 1.165) is 22.2 Å². The van der Waals surface area contributed by atoms with Gasteiger partial charge in [-0.2, -0.15) is 0 Å². The molecular weight excluding hydrogens is 332 g/mol. The second-order valence-electron chi connectivity index (χ2n) is 4.90. The minimum atomic E-state index is 0.0156. The van der Waals surface area contributed by atoms with Crippen molar-refractivity contribution in [1.82, 2.24) is 15.5 Å². The van der Waals surface area contributed by atoms with Gasteiger partial charge in [-0.05, 0) is 25.5 Å². The zero-order valence-corrected chi connectivity index (χ0v) is 15.0. The van der Waals surface area contributed by atoms with Crippen LogP contribution in [0.4, 0.5) is 10.8 Å². The van der Waals surface area contributed by atoms with Gasteiger partial charge in [0.15, 0.2) is 4.34 Å². The van der Waals surface area contributed by atoms with Crippen LogP contribution in [-0.2, 0) is 4.79 Å². The minimum Gasteiger partial charge on any atom is -0.497 e. The molecule has 2 aromatic rings. The van der Waals surface area contributed by atoms with Crippen LogP contribution in [0.25, 0.3) is 0 Å². The molecule has 8 heteroatoms. The second kappa shape index (κ2) is 8.73. The maximum Gasteiger partial charge on any atom is 0.230 e. The molecule has 0 saturated carbocycles. The van der Waals surface area contributed by atoms with Crippen molar-refractivity contribution in [2.45, 2.75) is 30.6 Å². The van der Waals surface area contributed by atoms with E-state index >= 15 is 0 Å². The third-order valence-corrected chi connectivity index (χ3v) is 5.05. The van der Waals surface area contributed by atoms with Crippen LogP contribution in [0.5, 0.6) is 5.75 Å². The number of carbonyl (C=O) groups is 1. The molecule has 6 nitrogen and oxygen atoms in total. The number of amides is 1. The van der Waals surface area contributed by atoms with Gasteiger partial charge in [0.1, 0.15) is 5.75 Å². The maximum absolute atomic E-state index is 11.7. The van der Waals surface area contributed by atoms with Crippen LogP contribution in [0.2, 0.25) is 0 Å². The van der Waals surface area contributed by atoms with Gasteiger partial charge in [0.05, 0.1) is 12.9 Å². The summed E-state index contributed by atoms with van der Waals surface area (Å²) in [6.45, 7) is 4.03. The fourth-order valence-electron chi connectivity index (χ4n) is 1.69. The van der Waals surface area contributed by atoms with E-state index in [0.29, 0.717) is 10.9 Å². The number of hydrogen-bond acceptors (Lipinski definition) is 7. The molecule has 1 unspecified atom stereocenters. The summed E-state index contributed by atoms with van der Waals surface area (Å²) in [5.41, 5.74) is 0.881. The molecule has 0 bridgehead atoms. The highest BCUT2D eigenvalue weighted by atomic mass is 32.2. The van der Waals surface area contributed by atoms with Crippen LogP contribution < -0.4 is 15.4 Å². The SMILES string of the molecule is CCC(C)NC(=O)CSc1nnc(Nc2cccc(OC)c2)s1. The molecule has 2 N–H and O–H groups in total. The van der Waals surface area contributed by atoms with Crippen molar-refractivity contribution in [2.24, 2.45) is 0 Å². The molecule has 0 saturated heterocycles. The van der Waals surface area contributed by atoms with Crippen molar-refractivity contribution in [2.75, 3.05) is 18.2 Å². The molecule has 1 amide bonds. The number of ether oxygens (including phenoxy) is 1. The molecule has 1 aromatic heterocycles. The van der Waals surface area contributed by atoms with Crippen molar-refractivity contribution < 1.29 is 9.53 Å². The lowest BCUT2D eigenvalue weighted by Gasteiger charge is -2.09. The first-order valence-electron chi connectivity index (χ1n) is 7.27. The van der Waals surface area contributed by atoms with Crippen molar-refractivity contribution in [3.63, 3.8) is 0 Å². The van der Waals surface area contributed by atoms with Crippen molar-refractivity contribution in [3.8, 4) is 5.75 Å². The molecule has 124 valence electrons. The smallest absolute Gasteiger partial charge is 0.230 e. The summed E-state index contributed by atoms with van der Waals surface area (Å²) >= 11 is 2.80. The first-order valence-corrected chi connectivity index (χ1v) is 9.07. The summed E-state index contributed by atoms with van der Waals surface area (Å²) in [4.78, 5) is 11.7. The van der Waals surface area contributed by atoms with Crippen LogP contribution in [0.3, 0.4) is 0 Å². The molecular formula is C15H20N4O2S2. The molecule has 0 aliphatic carbocycles. The van der Waals surface area contributed by atoms with E-state index < -0.39 is 0 Å². The molecule has 0 aliphatic heterocycles. The largest absolute Gasteiger partial charge is 0.497 e. The van der Waals surface area contributed by atoms with Crippen LogP contribution >= 0.6 is 23.1 Å². The van der Waals surface area contributed by atoms with Crippen molar-refractivity contribution >= 4 is 39.8 Å². The third-order valence-electron chi connectivity index (χ3n) is 3.07. The predicted molar refractivity (Wildman–Crippen MR) is 94.8 cm³/mol. The molecule has 1 heterocycles.